The molecule has 1 aromatic carbocycles. The van der Waals surface area contributed by atoms with Crippen molar-refractivity contribution in [2.24, 2.45) is 0 Å². The molecule has 0 saturated carbocycles. The van der Waals surface area contributed by atoms with Gasteiger partial charge in [0.15, 0.2) is 0 Å². The highest BCUT2D eigenvalue weighted by Crippen LogP contribution is 2.22. The Morgan fingerprint density at radius 3 is 2.69 bits per heavy atom. The molecular weight excluding hydrogens is 404 g/mol. The Morgan fingerprint density at radius 2 is 1.91 bits per heavy atom. The first kappa shape index (κ1) is 21.9. The molecule has 1 aliphatic rings. The quantitative estimate of drug-likeness (QED) is 0.599. The number of ether oxygens (including phenoxy) is 1. The van der Waals surface area contributed by atoms with Crippen LogP contribution >= 0.6 is 0 Å². The van der Waals surface area contributed by atoms with Crippen LogP contribution in [0.2, 0.25) is 0 Å². The van der Waals surface area contributed by atoms with E-state index in [2.05, 4.69) is 17.1 Å². The first-order valence-electron chi connectivity index (χ1n) is 10.9. The van der Waals surface area contributed by atoms with Gasteiger partial charge in [0.05, 0.1) is 18.8 Å². The van der Waals surface area contributed by atoms with Crippen molar-refractivity contribution in [2.45, 2.75) is 39.3 Å². The van der Waals surface area contributed by atoms with E-state index in [1.54, 1.807) is 11.5 Å². The molecule has 1 aliphatic heterocycles. The average Bonchev–Trinajstić information content (AvgIpc) is 2.79. The van der Waals surface area contributed by atoms with Crippen LogP contribution < -0.4 is 5.69 Å². The smallest absolute Gasteiger partial charge is 0.347 e. The van der Waals surface area contributed by atoms with Crippen molar-refractivity contribution in [3.05, 3.63) is 93.4 Å². The number of rotatable bonds is 6. The summed E-state index contributed by atoms with van der Waals surface area (Å²) in [5.41, 5.74) is 4.21. The van der Waals surface area contributed by atoms with Crippen LogP contribution in [0.3, 0.4) is 0 Å². The third-order valence-electron chi connectivity index (χ3n) is 5.70. The number of amides is 1. The molecule has 32 heavy (non-hydrogen) atoms. The molecule has 0 aliphatic carbocycles. The van der Waals surface area contributed by atoms with Crippen molar-refractivity contribution in [2.75, 3.05) is 19.7 Å². The van der Waals surface area contributed by atoms with Gasteiger partial charge in [0.1, 0.15) is 6.10 Å². The lowest BCUT2D eigenvalue weighted by molar-refractivity contribution is -0.139. The van der Waals surface area contributed by atoms with Crippen LogP contribution in [0.5, 0.6) is 0 Å². The molecule has 1 amide bonds. The summed E-state index contributed by atoms with van der Waals surface area (Å²) < 4.78 is 7.50. The molecule has 7 heteroatoms. The van der Waals surface area contributed by atoms with E-state index in [0.717, 1.165) is 23.5 Å². The summed E-state index contributed by atoms with van der Waals surface area (Å²) in [7, 11) is 0. The van der Waals surface area contributed by atoms with Gasteiger partial charge in [-0.15, -0.1) is 0 Å². The lowest BCUT2D eigenvalue weighted by Crippen LogP contribution is -2.43. The molecule has 0 bridgehead atoms. The Balaban J connectivity index is 1.39. The zero-order valence-electron chi connectivity index (χ0n) is 18.5. The Kier molecular flexibility index (Phi) is 6.75. The van der Waals surface area contributed by atoms with E-state index in [4.69, 9.17) is 9.72 Å². The molecule has 7 nitrogen and oxygen atoms in total. The second-order valence-electron chi connectivity index (χ2n) is 8.14. The second kappa shape index (κ2) is 9.87. The molecule has 3 heterocycles. The number of carbonyl (C=O) groups is 1. The summed E-state index contributed by atoms with van der Waals surface area (Å²) in [4.78, 5) is 35.6. The van der Waals surface area contributed by atoms with Crippen molar-refractivity contribution >= 4 is 5.91 Å². The van der Waals surface area contributed by atoms with Crippen LogP contribution in [0.1, 0.15) is 40.9 Å². The predicted molar refractivity (Wildman–Crippen MR) is 121 cm³/mol. The van der Waals surface area contributed by atoms with Crippen molar-refractivity contribution in [1.82, 2.24) is 19.4 Å². The first-order chi connectivity index (χ1) is 15.5. The average molecular weight is 433 g/mol. The highest BCUT2D eigenvalue weighted by molar-refractivity contribution is 5.76. The first-order valence-corrected chi connectivity index (χ1v) is 10.9. The maximum atomic E-state index is 12.9. The van der Waals surface area contributed by atoms with Crippen LogP contribution in [-0.2, 0) is 22.5 Å². The number of nitrogens with zero attached hydrogens (tertiary/aromatic N) is 4. The maximum Gasteiger partial charge on any atom is 0.347 e. The van der Waals surface area contributed by atoms with Crippen molar-refractivity contribution in [3.8, 4) is 0 Å². The number of aryl methyl sites for hydroxylation is 2. The van der Waals surface area contributed by atoms with Crippen LogP contribution in [0.15, 0.2) is 59.4 Å². The Labute approximate surface area is 187 Å². The molecular formula is C25H28N4O3. The minimum atomic E-state index is -0.311. The molecule has 2 aromatic heterocycles. The third kappa shape index (κ3) is 5.29. The van der Waals surface area contributed by atoms with Crippen LogP contribution in [0, 0.1) is 13.8 Å². The normalized spacial score (nSPS) is 16.2. The Morgan fingerprint density at radius 1 is 1.09 bits per heavy atom. The standard InChI is InChI=1S/C25H28N4O3/c1-18-15-19(2)29(25(31)26-18)12-11-24(30)28-13-14-32-23(17-28)22-10-6-9-21(27-22)16-20-7-4-3-5-8-20/h3-10,15,23H,11-14,16-17H2,1-2H3/t23-/m0/s1. The highest BCUT2D eigenvalue weighted by atomic mass is 16.5. The molecule has 0 N–H and O–H groups in total. The highest BCUT2D eigenvalue weighted by Gasteiger charge is 2.26. The number of pyridine rings is 1. The number of hydrogen-bond acceptors (Lipinski definition) is 5. The lowest BCUT2D eigenvalue weighted by Gasteiger charge is -2.33. The molecule has 0 radical (unpaired) electrons. The van der Waals surface area contributed by atoms with Crippen molar-refractivity contribution < 1.29 is 9.53 Å². The van der Waals surface area contributed by atoms with Crippen molar-refractivity contribution in [1.29, 1.82) is 0 Å². The van der Waals surface area contributed by atoms with E-state index < -0.39 is 0 Å². The number of morpholine rings is 1. The van der Waals surface area contributed by atoms with Gasteiger partial charge in [-0.1, -0.05) is 36.4 Å². The topological polar surface area (TPSA) is 77.3 Å². The van der Waals surface area contributed by atoms with Gasteiger partial charge >= 0.3 is 5.69 Å². The number of hydrogen-bond donors (Lipinski definition) is 0. The minimum absolute atomic E-state index is 0.00520. The lowest BCUT2D eigenvalue weighted by atomic mass is 10.1. The van der Waals surface area contributed by atoms with Gasteiger partial charge in [-0.05, 0) is 37.6 Å². The van der Waals surface area contributed by atoms with Gasteiger partial charge in [-0.25, -0.2) is 4.79 Å². The largest absolute Gasteiger partial charge is 0.368 e. The molecule has 1 atom stereocenters. The number of benzene rings is 1. The van der Waals surface area contributed by atoms with Crippen LogP contribution in [-0.4, -0.2) is 45.0 Å². The third-order valence-corrected chi connectivity index (χ3v) is 5.70. The van der Waals surface area contributed by atoms with Crippen LogP contribution in [0.4, 0.5) is 0 Å². The Bertz CT molecular complexity index is 1140. The zero-order valence-corrected chi connectivity index (χ0v) is 18.5. The van der Waals surface area contributed by atoms with E-state index in [9.17, 15) is 9.59 Å². The van der Waals surface area contributed by atoms with Crippen molar-refractivity contribution in [3.63, 3.8) is 0 Å². The fourth-order valence-electron chi connectivity index (χ4n) is 4.05. The summed E-state index contributed by atoms with van der Waals surface area (Å²) in [6.07, 6.45) is 0.747. The summed E-state index contributed by atoms with van der Waals surface area (Å²) in [5.74, 6) is 0.00520. The minimum Gasteiger partial charge on any atom is -0.368 e. The van der Waals surface area contributed by atoms with Gasteiger partial charge in [0.25, 0.3) is 0 Å². The molecule has 166 valence electrons. The zero-order chi connectivity index (χ0) is 22.5. The van der Waals surface area contributed by atoms with E-state index in [1.165, 1.54) is 5.56 Å². The van der Waals surface area contributed by atoms with Gasteiger partial charge < -0.3 is 9.64 Å². The maximum absolute atomic E-state index is 12.9. The van der Waals surface area contributed by atoms with Crippen LogP contribution in [0.25, 0.3) is 0 Å². The van der Waals surface area contributed by atoms with Gasteiger partial charge in [0, 0.05) is 43.0 Å². The molecule has 3 aromatic rings. The van der Waals surface area contributed by atoms with E-state index in [1.807, 2.05) is 54.3 Å². The molecule has 0 unspecified atom stereocenters. The second-order valence-corrected chi connectivity index (χ2v) is 8.14. The number of aromatic nitrogens is 3. The van der Waals surface area contributed by atoms with E-state index in [-0.39, 0.29) is 24.1 Å². The summed E-state index contributed by atoms with van der Waals surface area (Å²) >= 11 is 0. The summed E-state index contributed by atoms with van der Waals surface area (Å²) in [6, 6.07) is 18.0. The van der Waals surface area contributed by atoms with E-state index >= 15 is 0 Å². The monoisotopic (exact) mass is 432 g/mol. The molecule has 1 fully saturated rings. The summed E-state index contributed by atoms with van der Waals surface area (Å²) in [6.45, 7) is 5.44. The fourth-order valence-corrected chi connectivity index (χ4v) is 4.05. The molecule has 4 rings (SSSR count). The molecule has 1 saturated heterocycles. The van der Waals surface area contributed by atoms with Gasteiger partial charge in [0.2, 0.25) is 5.91 Å². The molecule has 0 spiro atoms. The SMILES string of the molecule is Cc1cc(C)n(CCC(=O)N2CCO[C@H](c3cccc(Cc4ccccc4)n3)C2)c(=O)n1. The Hall–Kier alpha value is -3.32. The fraction of sp³-hybridized carbons (Fsp3) is 0.360. The summed E-state index contributed by atoms with van der Waals surface area (Å²) in [5, 5.41) is 0. The predicted octanol–water partition coefficient (Wildman–Crippen LogP) is 2.84. The van der Waals surface area contributed by atoms with Gasteiger partial charge in [-0.2, -0.15) is 4.98 Å². The van der Waals surface area contributed by atoms with Gasteiger partial charge in [-0.3, -0.25) is 14.3 Å². The number of carbonyl (C=O) groups excluding carboxylic acids is 1. The van der Waals surface area contributed by atoms with E-state index in [0.29, 0.717) is 31.9 Å².